The average Bonchev–Trinajstić information content (AvgIpc) is 2.18. The smallest absolute Gasteiger partial charge is 0.0802 e. The van der Waals surface area contributed by atoms with E-state index in [0.29, 0.717) is 6.10 Å². The van der Waals surface area contributed by atoms with Gasteiger partial charge < -0.3 is 4.74 Å². The number of hydrogen-bond donors (Lipinski definition) is 0. The van der Waals surface area contributed by atoms with Gasteiger partial charge in [-0.2, -0.15) is 0 Å². The van der Waals surface area contributed by atoms with E-state index in [1.54, 1.807) is 0 Å². The lowest BCUT2D eigenvalue weighted by Gasteiger charge is -2.19. The van der Waals surface area contributed by atoms with E-state index < -0.39 is 0 Å². The molecule has 0 heterocycles. The Balaban J connectivity index is 2.69. The Hall–Kier alpha value is -0.820. The van der Waals surface area contributed by atoms with Crippen LogP contribution in [0.2, 0.25) is 0 Å². The standard InChI is InChI=1S/C13H20O/c1-5-11(3)14-12(4)13-9-7-6-8-10(13)2/h6-9,11-12H,5H2,1-4H3. The first-order valence-electron chi connectivity index (χ1n) is 5.36. The molecule has 0 aliphatic carbocycles. The van der Waals surface area contributed by atoms with Crippen molar-refractivity contribution in [3.63, 3.8) is 0 Å². The second-order valence-electron chi connectivity index (χ2n) is 3.85. The number of aryl methyl sites for hydroxylation is 1. The summed E-state index contributed by atoms with van der Waals surface area (Å²) in [6.07, 6.45) is 1.60. The minimum absolute atomic E-state index is 0.200. The topological polar surface area (TPSA) is 9.23 Å². The minimum Gasteiger partial charge on any atom is -0.371 e. The largest absolute Gasteiger partial charge is 0.371 e. The third-order valence-electron chi connectivity index (χ3n) is 2.64. The predicted molar refractivity (Wildman–Crippen MR) is 60.4 cm³/mol. The zero-order valence-corrected chi connectivity index (χ0v) is 9.58. The Morgan fingerprint density at radius 1 is 1.21 bits per heavy atom. The number of rotatable bonds is 4. The molecule has 1 nitrogen and oxygen atoms in total. The Morgan fingerprint density at radius 3 is 2.43 bits per heavy atom. The van der Waals surface area contributed by atoms with Crippen LogP contribution < -0.4 is 0 Å². The summed E-state index contributed by atoms with van der Waals surface area (Å²) in [6.45, 7) is 8.52. The van der Waals surface area contributed by atoms with Crippen LogP contribution in [-0.2, 0) is 4.74 Å². The molecule has 0 amide bonds. The quantitative estimate of drug-likeness (QED) is 0.703. The Bertz CT molecular complexity index is 280. The average molecular weight is 192 g/mol. The van der Waals surface area contributed by atoms with Crippen molar-refractivity contribution in [2.24, 2.45) is 0 Å². The van der Waals surface area contributed by atoms with Gasteiger partial charge in [-0.1, -0.05) is 31.2 Å². The zero-order chi connectivity index (χ0) is 10.6. The van der Waals surface area contributed by atoms with Crippen LogP contribution >= 0.6 is 0 Å². The molecule has 0 spiro atoms. The van der Waals surface area contributed by atoms with Crippen molar-refractivity contribution in [1.82, 2.24) is 0 Å². The minimum atomic E-state index is 0.200. The summed E-state index contributed by atoms with van der Waals surface area (Å²) in [5.41, 5.74) is 2.61. The molecule has 0 radical (unpaired) electrons. The molecule has 0 saturated carbocycles. The van der Waals surface area contributed by atoms with E-state index in [-0.39, 0.29) is 6.10 Å². The Labute approximate surface area is 87.1 Å². The highest BCUT2D eigenvalue weighted by Gasteiger charge is 2.10. The van der Waals surface area contributed by atoms with Crippen molar-refractivity contribution in [3.05, 3.63) is 35.4 Å². The van der Waals surface area contributed by atoms with Crippen molar-refractivity contribution < 1.29 is 4.74 Å². The molecule has 1 heteroatoms. The highest BCUT2D eigenvalue weighted by atomic mass is 16.5. The molecular formula is C13H20O. The van der Waals surface area contributed by atoms with Crippen molar-refractivity contribution >= 4 is 0 Å². The van der Waals surface area contributed by atoms with Crippen molar-refractivity contribution in [2.75, 3.05) is 0 Å². The predicted octanol–water partition coefficient (Wildman–Crippen LogP) is 3.87. The van der Waals surface area contributed by atoms with E-state index in [1.165, 1.54) is 11.1 Å². The van der Waals surface area contributed by atoms with Crippen molar-refractivity contribution in [1.29, 1.82) is 0 Å². The fourth-order valence-corrected chi connectivity index (χ4v) is 1.56. The van der Waals surface area contributed by atoms with Crippen LogP contribution in [0.3, 0.4) is 0 Å². The number of benzene rings is 1. The van der Waals surface area contributed by atoms with E-state index in [4.69, 9.17) is 4.74 Å². The molecule has 0 aromatic heterocycles. The molecule has 1 rings (SSSR count). The lowest BCUT2D eigenvalue weighted by molar-refractivity contribution is 0.00517. The van der Waals surface area contributed by atoms with Crippen molar-refractivity contribution in [2.45, 2.75) is 46.3 Å². The molecular weight excluding hydrogens is 172 g/mol. The Morgan fingerprint density at radius 2 is 1.86 bits per heavy atom. The first kappa shape index (κ1) is 11.3. The van der Waals surface area contributed by atoms with Gasteiger partial charge in [0.2, 0.25) is 0 Å². The van der Waals surface area contributed by atoms with E-state index in [1.807, 2.05) is 0 Å². The van der Waals surface area contributed by atoms with Gasteiger partial charge >= 0.3 is 0 Å². The summed E-state index contributed by atoms with van der Waals surface area (Å²) < 4.78 is 5.87. The fraction of sp³-hybridized carbons (Fsp3) is 0.538. The zero-order valence-electron chi connectivity index (χ0n) is 9.58. The fourth-order valence-electron chi connectivity index (χ4n) is 1.56. The van der Waals surface area contributed by atoms with Crippen LogP contribution in [0.5, 0.6) is 0 Å². The number of hydrogen-bond acceptors (Lipinski definition) is 1. The van der Waals surface area contributed by atoms with Gasteiger partial charge in [0.25, 0.3) is 0 Å². The van der Waals surface area contributed by atoms with Gasteiger partial charge in [0.05, 0.1) is 12.2 Å². The van der Waals surface area contributed by atoms with E-state index in [2.05, 4.69) is 52.0 Å². The molecule has 0 saturated heterocycles. The molecule has 2 atom stereocenters. The molecule has 1 aromatic rings. The van der Waals surface area contributed by atoms with E-state index >= 15 is 0 Å². The normalized spacial score (nSPS) is 15.1. The van der Waals surface area contributed by atoms with Crippen molar-refractivity contribution in [3.8, 4) is 0 Å². The maximum Gasteiger partial charge on any atom is 0.0802 e. The second kappa shape index (κ2) is 5.16. The highest BCUT2D eigenvalue weighted by molar-refractivity contribution is 5.27. The highest BCUT2D eigenvalue weighted by Crippen LogP contribution is 2.22. The summed E-state index contributed by atoms with van der Waals surface area (Å²) in [6, 6.07) is 8.40. The maximum absolute atomic E-state index is 5.87. The van der Waals surface area contributed by atoms with E-state index in [9.17, 15) is 0 Å². The second-order valence-corrected chi connectivity index (χ2v) is 3.85. The summed E-state index contributed by atoms with van der Waals surface area (Å²) in [4.78, 5) is 0. The maximum atomic E-state index is 5.87. The third kappa shape index (κ3) is 2.85. The lowest BCUT2D eigenvalue weighted by Crippen LogP contribution is -2.11. The van der Waals surface area contributed by atoms with Crippen LogP contribution in [0.1, 0.15) is 44.4 Å². The molecule has 1 aromatic carbocycles. The molecule has 0 aliphatic heterocycles. The van der Waals surface area contributed by atoms with Crippen LogP contribution in [0, 0.1) is 6.92 Å². The summed E-state index contributed by atoms with van der Waals surface area (Å²) >= 11 is 0. The molecule has 0 bridgehead atoms. The molecule has 2 unspecified atom stereocenters. The first-order valence-corrected chi connectivity index (χ1v) is 5.36. The van der Waals surface area contributed by atoms with Gasteiger partial charge in [-0.05, 0) is 38.3 Å². The van der Waals surface area contributed by atoms with Crippen LogP contribution in [-0.4, -0.2) is 6.10 Å². The number of ether oxygens (including phenoxy) is 1. The van der Waals surface area contributed by atoms with Gasteiger partial charge in [0, 0.05) is 0 Å². The van der Waals surface area contributed by atoms with Gasteiger partial charge in [0.15, 0.2) is 0 Å². The lowest BCUT2D eigenvalue weighted by atomic mass is 10.0. The van der Waals surface area contributed by atoms with Gasteiger partial charge in [-0.3, -0.25) is 0 Å². The van der Waals surface area contributed by atoms with Gasteiger partial charge in [-0.15, -0.1) is 0 Å². The molecule has 78 valence electrons. The van der Waals surface area contributed by atoms with Gasteiger partial charge in [-0.25, -0.2) is 0 Å². The van der Waals surface area contributed by atoms with Crippen LogP contribution in [0.4, 0.5) is 0 Å². The molecule has 0 fully saturated rings. The molecule has 0 N–H and O–H groups in total. The van der Waals surface area contributed by atoms with Crippen LogP contribution in [0.15, 0.2) is 24.3 Å². The molecule has 0 aliphatic rings. The summed E-state index contributed by atoms with van der Waals surface area (Å²) in [7, 11) is 0. The van der Waals surface area contributed by atoms with Crippen LogP contribution in [0.25, 0.3) is 0 Å². The van der Waals surface area contributed by atoms with E-state index in [0.717, 1.165) is 6.42 Å². The first-order chi connectivity index (χ1) is 6.65. The summed E-state index contributed by atoms with van der Waals surface area (Å²) in [5.74, 6) is 0. The molecule has 14 heavy (non-hydrogen) atoms. The monoisotopic (exact) mass is 192 g/mol. The Kier molecular flexibility index (Phi) is 4.15. The third-order valence-corrected chi connectivity index (χ3v) is 2.64. The SMILES string of the molecule is CCC(C)OC(C)c1ccccc1C. The summed E-state index contributed by atoms with van der Waals surface area (Å²) in [5, 5.41) is 0. The van der Waals surface area contributed by atoms with Gasteiger partial charge in [0.1, 0.15) is 0 Å².